The molecule has 2 atom stereocenters. The first kappa shape index (κ1) is 22.2. The van der Waals surface area contributed by atoms with Gasteiger partial charge in [0, 0.05) is 39.6 Å². The Morgan fingerprint density at radius 3 is 2.31 bits per heavy atom. The summed E-state index contributed by atoms with van der Waals surface area (Å²) < 4.78 is 0. The van der Waals surface area contributed by atoms with Crippen molar-refractivity contribution in [3.05, 3.63) is 105 Å². The lowest BCUT2D eigenvalue weighted by Gasteiger charge is -2.47. The molecule has 0 unspecified atom stereocenters. The van der Waals surface area contributed by atoms with Crippen molar-refractivity contribution in [3.8, 4) is 0 Å². The number of hydrogen-bond donors (Lipinski definition) is 1. The molecule has 3 aromatic carbocycles. The van der Waals surface area contributed by atoms with Gasteiger partial charge >= 0.3 is 0 Å². The van der Waals surface area contributed by atoms with E-state index in [1.54, 1.807) is 9.80 Å². The number of carbonyl (C=O) groups is 2. The molecule has 0 spiro atoms. The maximum absolute atomic E-state index is 13.8. The van der Waals surface area contributed by atoms with Gasteiger partial charge in [-0.15, -0.1) is 0 Å². The summed E-state index contributed by atoms with van der Waals surface area (Å²) in [6, 6.07) is 22.3. The molecule has 1 saturated heterocycles. The summed E-state index contributed by atoms with van der Waals surface area (Å²) in [7, 11) is 0. The van der Waals surface area contributed by atoms with Crippen molar-refractivity contribution in [2.45, 2.75) is 24.9 Å². The number of carbonyl (C=O) groups excluding carboxylic acids is 2. The predicted octanol–water partition coefficient (Wildman–Crippen LogP) is 5.40. The van der Waals surface area contributed by atoms with Gasteiger partial charge in [-0.2, -0.15) is 0 Å². The summed E-state index contributed by atoms with van der Waals surface area (Å²) in [6.45, 7) is 0.561. The van der Waals surface area contributed by atoms with Crippen LogP contribution in [0.3, 0.4) is 0 Å². The molecule has 1 N–H and O–H groups in total. The predicted molar refractivity (Wildman–Crippen MR) is 138 cm³/mol. The fourth-order valence-electron chi connectivity index (χ4n) is 5.42. The van der Waals surface area contributed by atoms with Crippen molar-refractivity contribution < 1.29 is 9.59 Å². The molecule has 0 radical (unpaired) electrons. The van der Waals surface area contributed by atoms with Gasteiger partial charge in [0.15, 0.2) is 0 Å². The molecule has 4 aromatic rings. The van der Waals surface area contributed by atoms with Crippen LogP contribution < -0.4 is 0 Å². The molecule has 6 rings (SSSR count). The van der Waals surface area contributed by atoms with E-state index in [-0.39, 0.29) is 24.4 Å². The number of halogens is 2. The van der Waals surface area contributed by atoms with Crippen LogP contribution >= 0.6 is 23.2 Å². The molecule has 7 heteroatoms. The number of fused-ring (bicyclic) bond motifs is 4. The van der Waals surface area contributed by atoms with E-state index < -0.39 is 6.04 Å². The quantitative estimate of drug-likeness (QED) is 0.405. The van der Waals surface area contributed by atoms with Crippen LogP contribution in [0.4, 0.5) is 0 Å². The molecule has 2 aliphatic rings. The molecule has 35 heavy (non-hydrogen) atoms. The number of para-hydroxylation sites is 1. The molecule has 3 heterocycles. The van der Waals surface area contributed by atoms with Crippen LogP contribution in [0.2, 0.25) is 10.0 Å². The molecular formula is C28H23Cl2N3O2. The summed E-state index contributed by atoms with van der Waals surface area (Å²) in [5.74, 6) is -0.0524. The third-order valence-corrected chi connectivity index (χ3v) is 7.62. The van der Waals surface area contributed by atoms with Crippen LogP contribution in [0.25, 0.3) is 10.9 Å². The molecule has 1 fully saturated rings. The first-order chi connectivity index (χ1) is 17.0. The van der Waals surface area contributed by atoms with Crippen molar-refractivity contribution in [1.29, 1.82) is 0 Å². The smallest absolute Gasteiger partial charge is 0.246 e. The Balaban J connectivity index is 1.38. The Kier molecular flexibility index (Phi) is 5.54. The highest BCUT2D eigenvalue weighted by Crippen LogP contribution is 2.42. The Bertz CT molecular complexity index is 1430. The summed E-state index contributed by atoms with van der Waals surface area (Å²) in [5.41, 5.74) is 5.10. The van der Waals surface area contributed by atoms with Gasteiger partial charge in [0.1, 0.15) is 6.04 Å². The van der Waals surface area contributed by atoms with Crippen LogP contribution in [0.5, 0.6) is 0 Å². The van der Waals surface area contributed by atoms with E-state index in [0.717, 1.165) is 33.3 Å². The summed E-state index contributed by atoms with van der Waals surface area (Å²) in [5, 5.41) is 2.41. The highest BCUT2D eigenvalue weighted by Gasteiger charge is 2.48. The Morgan fingerprint density at radius 1 is 0.886 bits per heavy atom. The summed E-state index contributed by atoms with van der Waals surface area (Å²) in [6.07, 6.45) is 1.16. The Morgan fingerprint density at radius 2 is 1.57 bits per heavy atom. The number of benzene rings is 3. The van der Waals surface area contributed by atoms with Gasteiger partial charge in [0.2, 0.25) is 11.8 Å². The second kappa shape index (κ2) is 8.74. The summed E-state index contributed by atoms with van der Waals surface area (Å²) >= 11 is 12.2. The average Bonchev–Trinajstić information content (AvgIpc) is 3.24. The molecule has 0 saturated carbocycles. The van der Waals surface area contributed by atoms with Crippen LogP contribution in [0.1, 0.15) is 28.4 Å². The number of nitrogens with zero attached hydrogens (tertiary/aromatic N) is 2. The zero-order valence-electron chi connectivity index (χ0n) is 18.9. The van der Waals surface area contributed by atoms with Crippen LogP contribution in [0, 0.1) is 0 Å². The van der Waals surface area contributed by atoms with Gasteiger partial charge in [0.25, 0.3) is 0 Å². The van der Waals surface area contributed by atoms with Crippen LogP contribution in [-0.4, -0.2) is 45.7 Å². The Hall–Kier alpha value is -3.28. The molecule has 5 nitrogen and oxygen atoms in total. The van der Waals surface area contributed by atoms with Crippen molar-refractivity contribution >= 4 is 45.9 Å². The lowest BCUT2D eigenvalue weighted by atomic mass is 9.86. The normalized spacial score (nSPS) is 19.7. The molecule has 0 bridgehead atoms. The van der Waals surface area contributed by atoms with Gasteiger partial charge in [-0.1, -0.05) is 65.7 Å². The average molecular weight is 504 g/mol. The van der Waals surface area contributed by atoms with E-state index in [2.05, 4.69) is 11.1 Å². The number of rotatable bonds is 4. The molecule has 176 valence electrons. The SMILES string of the molecule is O=C1[C@@H]2Cc3c([nH]c4ccccc34)[C@@H](c3ccc(Cl)cc3)N2C(=O)CN1CCc1ccc(Cl)cc1. The standard InChI is InChI=1S/C28H23Cl2N3O2/c29-19-9-5-17(6-10-19)13-14-32-16-25(34)33-24(28(32)35)15-22-21-3-1-2-4-23(21)31-26(22)27(33)18-7-11-20(30)12-8-18/h1-12,24,27,31H,13-16H2/t24-,27+/m0/s1. The second-order valence-corrected chi connectivity index (χ2v) is 10.0. The summed E-state index contributed by atoms with van der Waals surface area (Å²) in [4.78, 5) is 34.4. The zero-order valence-corrected chi connectivity index (χ0v) is 20.4. The lowest BCUT2D eigenvalue weighted by molar-refractivity contribution is -0.158. The zero-order chi connectivity index (χ0) is 24.1. The number of amides is 2. The Labute approximate surface area is 213 Å². The third-order valence-electron chi connectivity index (χ3n) is 7.11. The van der Waals surface area contributed by atoms with Gasteiger partial charge in [-0.05, 0) is 53.4 Å². The lowest BCUT2D eigenvalue weighted by Crippen LogP contribution is -2.63. The van der Waals surface area contributed by atoms with Crippen molar-refractivity contribution in [3.63, 3.8) is 0 Å². The van der Waals surface area contributed by atoms with E-state index in [9.17, 15) is 9.59 Å². The number of piperazine rings is 1. The molecule has 2 aliphatic heterocycles. The number of aromatic amines is 1. The van der Waals surface area contributed by atoms with Crippen LogP contribution in [-0.2, 0) is 22.4 Å². The minimum absolute atomic E-state index is 0.00606. The fraction of sp³-hybridized carbons (Fsp3) is 0.214. The van der Waals surface area contributed by atoms with Crippen LogP contribution in [0.15, 0.2) is 72.8 Å². The first-order valence-electron chi connectivity index (χ1n) is 11.7. The first-order valence-corrected chi connectivity index (χ1v) is 12.4. The highest BCUT2D eigenvalue weighted by molar-refractivity contribution is 6.30. The van der Waals surface area contributed by atoms with Gasteiger partial charge in [-0.3, -0.25) is 9.59 Å². The van der Waals surface area contributed by atoms with Gasteiger partial charge in [0.05, 0.1) is 12.6 Å². The van der Waals surface area contributed by atoms with Gasteiger partial charge in [-0.25, -0.2) is 0 Å². The van der Waals surface area contributed by atoms with E-state index in [4.69, 9.17) is 23.2 Å². The third kappa shape index (κ3) is 3.89. The maximum Gasteiger partial charge on any atom is 0.246 e. The van der Waals surface area contributed by atoms with Crippen molar-refractivity contribution in [2.24, 2.45) is 0 Å². The largest absolute Gasteiger partial charge is 0.356 e. The van der Waals surface area contributed by atoms with E-state index in [1.165, 1.54) is 0 Å². The number of hydrogen-bond acceptors (Lipinski definition) is 2. The topological polar surface area (TPSA) is 56.4 Å². The molecular weight excluding hydrogens is 481 g/mol. The fourth-order valence-corrected chi connectivity index (χ4v) is 5.67. The number of H-pyrrole nitrogens is 1. The second-order valence-electron chi connectivity index (χ2n) is 9.17. The van der Waals surface area contributed by atoms with E-state index >= 15 is 0 Å². The van der Waals surface area contributed by atoms with E-state index in [1.807, 2.05) is 66.7 Å². The van der Waals surface area contributed by atoms with Crippen molar-refractivity contribution in [2.75, 3.05) is 13.1 Å². The van der Waals surface area contributed by atoms with E-state index in [0.29, 0.717) is 29.4 Å². The number of aromatic nitrogens is 1. The molecule has 0 aliphatic carbocycles. The maximum atomic E-state index is 13.8. The number of nitrogens with one attached hydrogen (secondary N) is 1. The molecule has 2 amide bonds. The molecule has 1 aromatic heterocycles. The minimum Gasteiger partial charge on any atom is -0.356 e. The monoisotopic (exact) mass is 503 g/mol. The van der Waals surface area contributed by atoms with Crippen molar-refractivity contribution in [1.82, 2.24) is 14.8 Å². The minimum atomic E-state index is -0.547. The highest BCUT2D eigenvalue weighted by atomic mass is 35.5. The van der Waals surface area contributed by atoms with Gasteiger partial charge < -0.3 is 14.8 Å².